The molecule has 26 heavy (non-hydrogen) atoms. The van der Waals surface area contributed by atoms with E-state index in [-0.39, 0.29) is 0 Å². The Morgan fingerprint density at radius 3 is 2.35 bits per heavy atom. The average molecular weight is 388 g/mol. The van der Waals surface area contributed by atoms with Gasteiger partial charge in [-0.25, -0.2) is 13.1 Å². The Balaban J connectivity index is 0.000000352. The first kappa shape index (κ1) is 21.2. The molecule has 0 spiro atoms. The lowest BCUT2D eigenvalue weighted by atomic mass is 9.87. The van der Waals surface area contributed by atoms with E-state index >= 15 is 0 Å². The number of hydrogen-bond acceptors (Lipinski definition) is 5. The van der Waals surface area contributed by atoms with Crippen LogP contribution >= 0.6 is 0 Å². The van der Waals surface area contributed by atoms with Crippen molar-refractivity contribution in [1.29, 1.82) is 0 Å². The monoisotopic (exact) mass is 387 g/mol. The van der Waals surface area contributed by atoms with Gasteiger partial charge >= 0.3 is 0 Å². The third-order valence-corrected chi connectivity index (χ3v) is 6.05. The maximum absolute atomic E-state index is 9.22. The summed E-state index contributed by atoms with van der Waals surface area (Å²) in [5.74, 6) is 3.05. The molecule has 1 aliphatic heterocycles. The van der Waals surface area contributed by atoms with E-state index in [9.17, 15) is 13.0 Å². The summed E-state index contributed by atoms with van der Waals surface area (Å²) in [6.07, 6.45) is 9.76. The zero-order valence-electron chi connectivity index (χ0n) is 16.5. The van der Waals surface area contributed by atoms with Crippen molar-refractivity contribution in [3.8, 4) is 0 Å². The maximum atomic E-state index is 9.22. The van der Waals surface area contributed by atoms with Gasteiger partial charge in [0, 0.05) is 13.0 Å². The van der Waals surface area contributed by atoms with Gasteiger partial charge in [0.05, 0.1) is 32.0 Å². The van der Waals surface area contributed by atoms with Gasteiger partial charge in [0.25, 0.3) is 5.82 Å². The molecule has 1 aliphatic carbocycles. The molecule has 1 aromatic rings. The third kappa shape index (κ3) is 5.69. The molecule has 1 aromatic heterocycles. The van der Waals surface area contributed by atoms with Gasteiger partial charge in [-0.3, -0.25) is 9.08 Å². The minimum absolute atomic E-state index is 0.788. The van der Waals surface area contributed by atoms with Crippen molar-refractivity contribution in [3.05, 3.63) is 11.8 Å². The second kappa shape index (κ2) is 9.19. The zero-order valence-corrected chi connectivity index (χ0v) is 17.3. The van der Waals surface area contributed by atoms with Crippen LogP contribution in [0.15, 0.2) is 6.07 Å². The topological polar surface area (TPSA) is 78.5 Å². The van der Waals surface area contributed by atoms with Gasteiger partial charge < -0.3 is 4.55 Å². The Morgan fingerprint density at radius 1 is 1.19 bits per heavy atom. The van der Waals surface area contributed by atoms with Crippen LogP contribution in [-0.2, 0) is 28.7 Å². The Kier molecular flexibility index (Phi) is 7.49. The molecule has 3 rings (SSSR count). The second-order valence-electron chi connectivity index (χ2n) is 7.58. The van der Waals surface area contributed by atoms with Crippen molar-refractivity contribution in [2.24, 2.45) is 20.0 Å². The standard InChI is InChI=1S/C17H30N3.CH4O4S/c1-14-8-7-11-20(13-14)17-12-16(18(2)19(17)3)15-9-5-4-6-10-15;1-5-6(2,3)4/h12,14-15H,4-11,13H2,1-3H3;1H3,(H,2,3,4)/q+1;/p-1. The summed E-state index contributed by atoms with van der Waals surface area (Å²) in [6.45, 7) is 4.84. The Bertz CT molecular complexity index is 681. The molecule has 1 saturated heterocycles. The first-order valence-electron chi connectivity index (χ1n) is 9.55. The predicted octanol–water partition coefficient (Wildman–Crippen LogP) is 2.23. The van der Waals surface area contributed by atoms with E-state index in [1.54, 1.807) is 5.69 Å². The number of anilines is 1. The first-order chi connectivity index (χ1) is 12.2. The van der Waals surface area contributed by atoms with Crippen LogP contribution in [0.1, 0.15) is 63.5 Å². The lowest BCUT2D eigenvalue weighted by Gasteiger charge is -2.25. The van der Waals surface area contributed by atoms with Crippen molar-refractivity contribution in [2.75, 3.05) is 25.1 Å². The van der Waals surface area contributed by atoms with Crippen LogP contribution in [0.5, 0.6) is 0 Å². The van der Waals surface area contributed by atoms with Crippen LogP contribution in [0.25, 0.3) is 0 Å². The van der Waals surface area contributed by atoms with E-state index in [0.29, 0.717) is 0 Å². The molecule has 0 N–H and O–H groups in total. The summed E-state index contributed by atoms with van der Waals surface area (Å²) in [4.78, 5) is 2.60. The summed E-state index contributed by atoms with van der Waals surface area (Å²) in [5, 5.41) is 0. The molecular weight excluding hydrogens is 354 g/mol. The molecule has 0 bridgehead atoms. The van der Waals surface area contributed by atoms with Gasteiger partial charge in [-0.05, 0) is 31.6 Å². The van der Waals surface area contributed by atoms with Crippen molar-refractivity contribution in [1.82, 2.24) is 4.68 Å². The van der Waals surface area contributed by atoms with Crippen molar-refractivity contribution in [2.45, 2.75) is 57.8 Å². The highest BCUT2D eigenvalue weighted by Crippen LogP contribution is 2.33. The van der Waals surface area contributed by atoms with Crippen molar-refractivity contribution in [3.63, 3.8) is 0 Å². The minimum Gasteiger partial charge on any atom is -0.726 e. The summed E-state index contributed by atoms with van der Waals surface area (Å²) in [5.41, 5.74) is 1.56. The molecule has 2 aliphatic rings. The normalized spacial score (nSPS) is 22.0. The Hall–Kier alpha value is -1.12. The van der Waals surface area contributed by atoms with Crippen LogP contribution in [0.2, 0.25) is 0 Å². The van der Waals surface area contributed by atoms with Crippen molar-refractivity contribution >= 4 is 16.2 Å². The maximum Gasteiger partial charge on any atom is 0.297 e. The van der Waals surface area contributed by atoms with Gasteiger partial charge in [-0.1, -0.05) is 26.2 Å². The number of rotatable bonds is 3. The zero-order chi connectivity index (χ0) is 19.3. The molecule has 0 radical (unpaired) electrons. The summed E-state index contributed by atoms with van der Waals surface area (Å²) >= 11 is 0. The highest BCUT2D eigenvalue weighted by molar-refractivity contribution is 7.80. The lowest BCUT2D eigenvalue weighted by molar-refractivity contribution is -0.740. The number of nitrogens with zero attached hydrogens (tertiary/aromatic N) is 3. The molecular formula is C18H33N3O4S. The van der Waals surface area contributed by atoms with E-state index in [0.717, 1.165) is 18.9 Å². The number of aromatic nitrogens is 2. The molecule has 0 amide bonds. The fraction of sp³-hybridized carbons (Fsp3) is 0.833. The van der Waals surface area contributed by atoms with Crippen LogP contribution < -0.4 is 9.58 Å². The lowest BCUT2D eigenvalue weighted by Crippen LogP contribution is -2.46. The number of hydrogen-bond donors (Lipinski definition) is 0. The highest BCUT2D eigenvalue weighted by atomic mass is 32.3. The average Bonchev–Trinajstić information content (AvgIpc) is 2.91. The molecule has 8 heteroatoms. The Morgan fingerprint density at radius 2 is 1.81 bits per heavy atom. The van der Waals surface area contributed by atoms with Gasteiger partial charge in [0.2, 0.25) is 10.4 Å². The molecule has 1 unspecified atom stereocenters. The smallest absolute Gasteiger partial charge is 0.297 e. The van der Waals surface area contributed by atoms with Gasteiger partial charge in [-0.2, -0.15) is 4.68 Å². The largest absolute Gasteiger partial charge is 0.726 e. The van der Waals surface area contributed by atoms with Gasteiger partial charge in [-0.15, -0.1) is 0 Å². The summed E-state index contributed by atoms with van der Waals surface area (Å²) in [7, 11) is 0.856. The van der Waals surface area contributed by atoms with Gasteiger partial charge in [0.15, 0.2) is 0 Å². The van der Waals surface area contributed by atoms with Crippen LogP contribution in [-0.4, -0.2) is 37.9 Å². The quantitative estimate of drug-likeness (QED) is 0.451. The molecule has 1 saturated carbocycles. The van der Waals surface area contributed by atoms with Crippen LogP contribution in [0.3, 0.4) is 0 Å². The van der Waals surface area contributed by atoms with Crippen molar-refractivity contribution < 1.29 is 21.8 Å². The fourth-order valence-electron chi connectivity index (χ4n) is 4.12. The minimum atomic E-state index is -4.41. The SMILES string of the molecule is CC1CCCN(c2cc(C3CCCCC3)n(C)[n+]2C)C1.COS(=O)(=O)[O-]. The first-order valence-corrected chi connectivity index (χ1v) is 10.9. The molecule has 2 fully saturated rings. The molecule has 150 valence electrons. The fourth-order valence-corrected chi connectivity index (χ4v) is 4.12. The van der Waals surface area contributed by atoms with Gasteiger partial charge in [0.1, 0.15) is 7.05 Å². The van der Waals surface area contributed by atoms with E-state index in [4.69, 9.17) is 0 Å². The molecule has 7 nitrogen and oxygen atoms in total. The summed E-state index contributed by atoms with van der Waals surface area (Å²) < 4.78 is 35.8. The van der Waals surface area contributed by atoms with E-state index < -0.39 is 10.4 Å². The van der Waals surface area contributed by atoms with E-state index in [1.165, 1.54) is 63.9 Å². The van der Waals surface area contributed by atoms with E-state index in [1.807, 2.05) is 0 Å². The Labute approximate surface area is 157 Å². The highest BCUT2D eigenvalue weighted by Gasteiger charge is 2.30. The number of piperidine rings is 1. The molecule has 2 heterocycles. The molecule has 0 aromatic carbocycles. The predicted molar refractivity (Wildman–Crippen MR) is 99.7 cm³/mol. The summed E-state index contributed by atoms with van der Waals surface area (Å²) in [6, 6.07) is 2.48. The molecule has 1 atom stereocenters. The van der Waals surface area contributed by atoms with E-state index in [2.05, 4.69) is 45.5 Å². The third-order valence-electron chi connectivity index (χ3n) is 5.64. The second-order valence-corrected chi connectivity index (χ2v) is 8.73. The van der Waals surface area contributed by atoms with Crippen LogP contribution in [0.4, 0.5) is 5.82 Å². The van der Waals surface area contributed by atoms with Crippen LogP contribution in [0, 0.1) is 5.92 Å².